The van der Waals surface area contributed by atoms with Crippen LogP contribution in [0.4, 0.5) is 5.69 Å². The molecule has 2 heterocycles. The lowest BCUT2D eigenvalue weighted by atomic mass is 10.2. The van der Waals surface area contributed by atoms with E-state index in [2.05, 4.69) is 15.3 Å². The summed E-state index contributed by atoms with van der Waals surface area (Å²) in [6.07, 6.45) is 3.02. The van der Waals surface area contributed by atoms with Gasteiger partial charge in [0.25, 0.3) is 5.91 Å². The number of nitrogens with one attached hydrogen (secondary N) is 1. The van der Waals surface area contributed by atoms with Gasteiger partial charge in [-0.3, -0.25) is 9.78 Å². The van der Waals surface area contributed by atoms with Gasteiger partial charge in [-0.25, -0.2) is 4.98 Å². The van der Waals surface area contributed by atoms with Gasteiger partial charge in [0.15, 0.2) is 0 Å². The summed E-state index contributed by atoms with van der Waals surface area (Å²) in [5.74, 6) is -0.235. The number of aromatic nitrogens is 2. The Morgan fingerprint density at radius 3 is 2.70 bits per heavy atom. The summed E-state index contributed by atoms with van der Waals surface area (Å²) in [5.41, 5.74) is 7.49. The summed E-state index contributed by atoms with van der Waals surface area (Å²) in [6.45, 7) is 3.82. The third kappa shape index (κ3) is 4.33. The quantitative estimate of drug-likeness (QED) is 0.904. The molecule has 0 aliphatic rings. The lowest BCUT2D eigenvalue weighted by Crippen LogP contribution is -2.27. The van der Waals surface area contributed by atoms with Gasteiger partial charge in [0, 0.05) is 29.2 Å². The van der Waals surface area contributed by atoms with E-state index in [1.807, 2.05) is 19.2 Å². The van der Waals surface area contributed by atoms with Crippen molar-refractivity contribution in [3.8, 4) is 0 Å². The topological polar surface area (TPSA) is 80.9 Å². The molecule has 0 aromatic carbocycles. The standard InChI is InChI=1S/C12H14N4OS.2ClH/c1-7-6-18-12(15-7)8(2)16-11(17)9-5-14-4-3-10(9)13;;/h3-6,8H,1-2H3,(H2,13,14)(H,16,17);2*1H. The van der Waals surface area contributed by atoms with Crippen LogP contribution in [0, 0.1) is 6.92 Å². The van der Waals surface area contributed by atoms with Crippen molar-refractivity contribution in [1.82, 2.24) is 15.3 Å². The Bertz CT molecular complexity index is 576. The van der Waals surface area contributed by atoms with Crippen molar-refractivity contribution in [2.24, 2.45) is 0 Å². The van der Waals surface area contributed by atoms with E-state index in [1.165, 1.54) is 17.5 Å². The highest BCUT2D eigenvalue weighted by atomic mass is 35.5. The fraction of sp³-hybridized carbons (Fsp3) is 0.250. The number of carbonyl (C=O) groups excluding carboxylic acids is 1. The minimum atomic E-state index is -0.235. The van der Waals surface area contributed by atoms with Crippen LogP contribution in [0.1, 0.15) is 34.0 Å². The first kappa shape index (κ1) is 18.6. The number of anilines is 1. The van der Waals surface area contributed by atoms with Crippen LogP contribution in [0.2, 0.25) is 0 Å². The fourth-order valence-corrected chi connectivity index (χ4v) is 2.31. The molecule has 20 heavy (non-hydrogen) atoms. The Morgan fingerprint density at radius 2 is 2.15 bits per heavy atom. The molecule has 1 atom stereocenters. The van der Waals surface area contributed by atoms with Gasteiger partial charge < -0.3 is 11.1 Å². The molecule has 0 radical (unpaired) electrons. The number of hydrogen-bond acceptors (Lipinski definition) is 5. The number of amides is 1. The summed E-state index contributed by atoms with van der Waals surface area (Å²) < 4.78 is 0. The smallest absolute Gasteiger partial charge is 0.255 e. The lowest BCUT2D eigenvalue weighted by molar-refractivity contribution is 0.0940. The van der Waals surface area contributed by atoms with E-state index >= 15 is 0 Å². The van der Waals surface area contributed by atoms with E-state index in [1.54, 1.807) is 12.3 Å². The van der Waals surface area contributed by atoms with Gasteiger partial charge in [-0.05, 0) is 19.9 Å². The van der Waals surface area contributed by atoms with Crippen LogP contribution in [-0.4, -0.2) is 15.9 Å². The minimum Gasteiger partial charge on any atom is -0.398 e. The zero-order valence-electron chi connectivity index (χ0n) is 11.0. The van der Waals surface area contributed by atoms with Gasteiger partial charge in [0.2, 0.25) is 0 Å². The van der Waals surface area contributed by atoms with Gasteiger partial charge >= 0.3 is 0 Å². The molecule has 0 aliphatic heterocycles. The number of aryl methyl sites for hydroxylation is 1. The molecule has 110 valence electrons. The summed E-state index contributed by atoms with van der Waals surface area (Å²) in [5, 5.41) is 5.69. The van der Waals surface area contributed by atoms with Crippen LogP contribution in [-0.2, 0) is 0 Å². The third-order valence-corrected chi connectivity index (χ3v) is 3.60. The molecule has 5 nitrogen and oxygen atoms in total. The molecule has 2 aromatic rings. The molecule has 2 aromatic heterocycles. The maximum Gasteiger partial charge on any atom is 0.255 e. The van der Waals surface area contributed by atoms with Crippen molar-refractivity contribution in [3.63, 3.8) is 0 Å². The van der Waals surface area contributed by atoms with E-state index in [4.69, 9.17) is 5.73 Å². The minimum absolute atomic E-state index is 0. The van der Waals surface area contributed by atoms with Crippen molar-refractivity contribution in [2.45, 2.75) is 19.9 Å². The maximum atomic E-state index is 12.0. The van der Waals surface area contributed by atoms with Crippen LogP contribution >= 0.6 is 36.2 Å². The highest BCUT2D eigenvalue weighted by molar-refractivity contribution is 7.09. The number of nitrogens with two attached hydrogens (primary N) is 1. The number of nitrogen functional groups attached to an aromatic ring is 1. The number of hydrogen-bond donors (Lipinski definition) is 2. The monoisotopic (exact) mass is 334 g/mol. The maximum absolute atomic E-state index is 12.0. The molecule has 3 N–H and O–H groups in total. The second kappa shape index (κ2) is 8.04. The van der Waals surface area contributed by atoms with Crippen LogP contribution in [0.25, 0.3) is 0 Å². The molecule has 1 unspecified atom stereocenters. The van der Waals surface area contributed by atoms with E-state index in [0.29, 0.717) is 11.3 Å². The molecule has 0 saturated heterocycles. The summed E-state index contributed by atoms with van der Waals surface area (Å²) in [7, 11) is 0. The third-order valence-electron chi connectivity index (χ3n) is 2.45. The summed E-state index contributed by atoms with van der Waals surface area (Å²) >= 11 is 1.53. The largest absolute Gasteiger partial charge is 0.398 e. The van der Waals surface area contributed by atoms with E-state index < -0.39 is 0 Å². The molecule has 0 saturated carbocycles. The normalized spacial score (nSPS) is 10.9. The molecular formula is C12H16Cl2N4OS. The number of halogens is 2. The second-order valence-corrected chi connectivity index (χ2v) is 4.87. The molecule has 0 aliphatic carbocycles. The molecule has 8 heteroatoms. The Hall–Kier alpha value is -1.37. The molecule has 1 amide bonds. The van der Waals surface area contributed by atoms with Crippen molar-refractivity contribution in [3.05, 3.63) is 40.1 Å². The van der Waals surface area contributed by atoms with E-state index in [9.17, 15) is 4.79 Å². The molecular weight excluding hydrogens is 319 g/mol. The number of nitrogens with zero attached hydrogens (tertiary/aromatic N) is 2. The van der Waals surface area contributed by atoms with Crippen molar-refractivity contribution < 1.29 is 4.79 Å². The SMILES string of the molecule is Cc1csc(C(C)NC(=O)c2cnccc2N)n1.Cl.Cl. The Labute approximate surface area is 133 Å². The first-order valence-electron chi connectivity index (χ1n) is 5.50. The lowest BCUT2D eigenvalue weighted by Gasteiger charge is -2.12. The van der Waals surface area contributed by atoms with Crippen LogP contribution < -0.4 is 11.1 Å². The number of rotatable bonds is 3. The van der Waals surface area contributed by atoms with Crippen LogP contribution in [0.15, 0.2) is 23.8 Å². The Balaban J connectivity index is 0.00000180. The Morgan fingerprint density at radius 1 is 1.45 bits per heavy atom. The zero-order valence-corrected chi connectivity index (χ0v) is 13.4. The van der Waals surface area contributed by atoms with Crippen molar-refractivity contribution in [2.75, 3.05) is 5.73 Å². The molecule has 2 rings (SSSR count). The summed E-state index contributed by atoms with van der Waals surface area (Å²) in [6, 6.07) is 1.46. The van der Waals surface area contributed by atoms with Gasteiger partial charge in [0.1, 0.15) is 5.01 Å². The van der Waals surface area contributed by atoms with E-state index in [-0.39, 0.29) is 36.8 Å². The average molecular weight is 335 g/mol. The predicted octanol–water partition coefficient (Wildman–Crippen LogP) is 2.76. The van der Waals surface area contributed by atoms with E-state index in [0.717, 1.165) is 10.7 Å². The van der Waals surface area contributed by atoms with Crippen molar-refractivity contribution in [1.29, 1.82) is 0 Å². The highest BCUT2D eigenvalue weighted by Gasteiger charge is 2.15. The van der Waals surface area contributed by atoms with Crippen LogP contribution in [0.3, 0.4) is 0 Å². The fourth-order valence-electron chi connectivity index (χ4n) is 1.50. The number of thiazole rings is 1. The molecule has 0 fully saturated rings. The first-order chi connectivity index (χ1) is 8.58. The predicted molar refractivity (Wildman–Crippen MR) is 85.9 cm³/mol. The van der Waals surface area contributed by atoms with Gasteiger partial charge in [-0.1, -0.05) is 0 Å². The molecule has 0 spiro atoms. The number of pyridine rings is 1. The highest BCUT2D eigenvalue weighted by Crippen LogP contribution is 2.18. The van der Waals surface area contributed by atoms with Gasteiger partial charge in [-0.2, -0.15) is 0 Å². The second-order valence-electron chi connectivity index (χ2n) is 3.99. The number of carbonyl (C=O) groups is 1. The zero-order chi connectivity index (χ0) is 13.1. The first-order valence-corrected chi connectivity index (χ1v) is 6.38. The van der Waals surface area contributed by atoms with Gasteiger partial charge in [0.05, 0.1) is 11.6 Å². The average Bonchev–Trinajstić information content (AvgIpc) is 2.76. The Kier molecular flexibility index (Phi) is 7.49. The summed E-state index contributed by atoms with van der Waals surface area (Å²) in [4.78, 5) is 20.2. The van der Waals surface area contributed by atoms with Crippen molar-refractivity contribution >= 4 is 47.7 Å². The van der Waals surface area contributed by atoms with Crippen LogP contribution in [0.5, 0.6) is 0 Å². The molecule has 0 bridgehead atoms. The van der Waals surface area contributed by atoms with Gasteiger partial charge in [-0.15, -0.1) is 36.2 Å².